The topological polar surface area (TPSA) is 102 Å². The zero-order valence-corrected chi connectivity index (χ0v) is 27.3. The number of furan rings is 2. The van der Waals surface area contributed by atoms with E-state index in [0.29, 0.717) is 28.4 Å². The molecule has 3 aromatic heterocycles. The molecule has 2 amide bonds. The molecule has 0 aliphatic carbocycles. The third-order valence-corrected chi connectivity index (χ3v) is 10.4. The number of hydrogen-bond acceptors (Lipinski definition) is 7. The minimum absolute atomic E-state index is 0.0158. The molecule has 8 heteroatoms. The molecule has 1 saturated heterocycles. The first kappa shape index (κ1) is 29.0. The fraction of sp³-hybridized carbons (Fsp3) is 0.146. The molecule has 8 aromatic rings. The van der Waals surface area contributed by atoms with E-state index in [1.807, 2.05) is 97.1 Å². The molecular formula is C41H30N4O4. The van der Waals surface area contributed by atoms with Crippen LogP contribution in [0.2, 0.25) is 0 Å². The monoisotopic (exact) mass is 642 g/mol. The van der Waals surface area contributed by atoms with Crippen LogP contribution in [0.5, 0.6) is 0 Å². The first-order valence-electron chi connectivity index (χ1n) is 16.2. The van der Waals surface area contributed by atoms with Gasteiger partial charge in [0.1, 0.15) is 22.3 Å². The van der Waals surface area contributed by atoms with Gasteiger partial charge in [-0.2, -0.15) is 9.97 Å². The average Bonchev–Trinajstić information content (AvgIpc) is 3.73. The maximum atomic E-state index is 13.8. The summed E-state index contributed by atoms with van der Waals surface area (Å²) in [5.41, 5.74) is 4.33. The number of aromatic nitrogens is 3. The Morgan fingerprint density at radius 1 is 0.490 bits per heavy atom. The second kappa shape index (κ2) is 10.2. The number of hydrogen-bond donors (Lipinski definition) is 0. The minimum Gasteiger partial charge on any atom is -0.455 e. The summed E-state index contributed by atoms with van der Waals surface area (Å²) >= 11 is 0. The zero-order valence-electron chi connectivity index (χ0n) is 27.3. The lowest BCUT2D eigenvalue weighted by atomic mass is 9.70. The Bertz CT molecular complexity index is 2640. The van der Waals surface area contributed by atoms with Crippen molar-refractivity contribution in [2.45, 2.75) is 27.7 Å². The number of carbonyl (C=O) groups excluding carboxylic acids is 2. The van der Waals surface area contributed by atoms with Crippen LogP contribution in [-0.2, 0) is 9.59 Å². The summed E-state index contributed by atoms with van der Waals surface area (Å²) in [6.07, 6.45) is 0. The number of rotatable bonds is 4. The van der Waals surface area contributed by atoms with Gasteiger partial charge in [0.2, 0.25) is 17.8 Å². The van der Waals surface area contributed by atoms with Crippen molar-refractivity contribution in [3.8, 4) is 33.9 Å². The van der Waals surface area contributed by atoms with Crippen molar-refractivity contribution in [1.82, 2.24) is 15.0 Å². The van der Waals surface area contributed by atoms with Gasteiger partial charge in [-0.25, -0.2) is 9.88 Å². The fourth-order valence-electron chi connectivity index (χ4n) is 6.78. The standard InChI is InChI=1S/C41H30N4O4/c1-40(2)37(46)45(38(47)41(40,3)4)39-43-35(42-36(44-39)30-16-10-15-29-27-12-6-8-18-32(27)49-34(29)30)24-21-19-23(20-22-24)25-13-9-14-28-26-11-5-7-17-31(26)48-33(25)28/h5-22H,1-4H3. The summed E-state index contributed by atoms with van der Waals surface area (Å²) in [5, 5.41) is 4.00. The van der Waals surface area contributed by atoms with E-state index >= 15 is 0 Å². The lowest BCUT2D eigenvalue weighted by Gasteiger charge is -2.28. The van der Waals surface area contributed by atoms with Gasteiger partial charge in [-0.05, 0) is 51.5 Å². The van der Waals surface area contributed by atoms with Gasteiger partial charge in [-0.15, -0.1) is 0 Å². The number of nitrogens with zero attached hydrogens (tertiary/aromatic N) is 4. The Morgan fingerprint density at radius 2 is 0.959 bits per heavy atom. The maximum Gasteiger partial charge on any atom is 0.243 e. The first-order valence-corrected chi connectivity index (χ1v) is 16.2. The Balaban J connectivity index is 1.21. The molecule has 0 radical (unpaired) electrons. The van der Waals surface area contributed by atoms with Crippen LogP contribution in [0.15, 0.2) is 118 Å². The number of para-hydroxylation sites is 4. The van der Waals surface area contributed by atoms with E-state index in [1.54, 1.807) is 27.7 Å². The molecule has 0 spiro atoms. The lowest BCUT2D eigenvalue weighted by Crippen LogP contribution is -2.35. The molecule has 0 bridgehead atoms. The highest BCUT2D eigenvalue weighted by Gasteiger charge is 2.60. The van der Waals surface area contributed by atoms with Crippen LogP contribution in [-0.4, -0.2) is 26.8 Å². The predicted octanol–water partition coefficient (Wildman–Crippen LogP) is 9.60. The maximum absolute atomic E-state index is 13.8. The van der Waals surface area contributed by atoms with Crippen LogP contribution in [0, 0.1) is 10.8 Å². The molecule has 0 N–H and O–H groups in total. The highest BCUT2D eigenvalue weighted by Crippen LogP contribution is 2.48. The van der Waals surface area contributed by atoms with Gasteiger partial charge in [0.25, 0.3) is 0 Å². The fourth-order valence-corrected chi connectivity index (χ4v) is 6.78. The van der Waals surface area contributed by atoms with Gasteiger partial charge < -0.3 is 8.83 Å². The Kier molecular flexibility index (Phi) is 6.03. The molecule has 1 fully saturated rings. The van der Waals surface area contributed by atoms with E-state index < -0.39 is 10.8 Å². The van der Waals surface area contributed by atoms with Crippen molar-refractivity contribution in [2.24, 2.45) is 10.8 Å². The van der Waals surface area contributed by atoms with E-state index in [4.69, 9.17) is 23.8 Å². The molecule has 4 heterocycles. The van der Waals surface area contributed by atoms with E-state index in [0.717, 1.165) is 54.3 Å². The second-order valence-corrected chi connectivity index (χ2v) is 13.6. The van der Waals surface area contributed by atoms with E-state index in [-0.39, 0.29) is 17.8 Å². The van der Waals surface area contributed by atoms with Crippen LogP contribution in [0.3, 0.4) is 0 Å². The summed E-state index contributed by atoms with van der Waals surface area (Å²) in [6.45, 7) is 7.14. The number of benzene rings is 5. The van der Waals surface area contributed by atoms with Gasteiger partial charge in [0.05, 0.1) is 16.4 Å². The highest BCUT2D eigenvalue weighted by molar-refractivity contribution is 6.24. The minimum atomic E-state index is -0.963. The average molecular weight is 643 g/mol. The van der Waals surface area contributed by atoms with Gasteiger partial charge >= 0.3 is 0 Å². The van der Waals surface area contributed by atoms with Crippen molar-refractivity contribution >= 4 is 61.6 Å². The highest BCUT2D eigenvalue weighted by atomic mass is 16.3. The molecule has 5 aromatic carbocycles. The Morgan fingerprint density at radius 3 is 1.55 bits per heavy atom. The normalized spacial score (nSPS) is 15.7. The Labute approximate surface area is 281 Å². The molecule has 1 aliphatic heterocycles. The van der Waals surface area contributed by atoms with Crippen LogP contribution >= 0.6 is 0 Å². The molecule has 0 atom stereocenters. The van der Waals surface area contributed by atoms with Crippen LogP contribution in [0.1, 0.15) is 27.7 Å². The van der Waals surface area contributed by atoms with Crippen LogP contribution < -0.4 is 4.90 Å². The lowest BCUT2D eigenvalue weighted by molar-refractivity contribution is -0.129. The van der Waals surface area contributed by atoms with E-state index in [9.17, 15) is 9.59 Å². The van der Waals surface area contributed by atoms with E-state index in [2.05, 4.69) is 12.1 Å². The Hall–Kier alpha value is -6.15. The molecule has 9 rings (SSSR count). The molecule has 0 saturated carbocycles. The molecule has 238 valence electrons. The number of carbonyl (C=O) groups is 2. The molecule has 1 aliphatic rings. The zero-order chi connectivity index (χ0) is 33.7. The first-order chi connectivity index (χ1) is 23.6. The second-order valence-electron chi connectivity index (χ2n) is 13.6. The van der Waals surface area contributed by atoms with Crippen molar-refractivity contribution in [1.29, 1.82) is 0 Å². The predicted molar refractivity (Wildman–Crippen MR) is 191 cm³/mol. The van der Waals surface area contributed by atoms with Crippen LogP contribution in [0.25, 0.3) is 77.8 Å². The summed E-state index contributed by atoms with van der Waals surface area (Å²) in [6, 6.07) is 35.6. The largest absolute Gasteiger partial charge is 0.455 e. The third-order valence-electron chi connectivity index (χ3n) is 10.4. The summed E-state index contributed by atoms with van der Waals surface area (Å²) in [4.78, 5) is 43.2. The molecule has 8 nitrogen and oxygen atoms in total. The summed E-state index contributed by atoms with van der Waals surface area (Å²) < 4.78 is 12.6. The number of imide groups is 1. The van der Waals surface area contributed by atoms with Gasteiger partial charge in [-0.1, -0.05) is 91.0 Å². The number of amides is 2. The van der Waals surface area contributed by atoms with Crippen molar-refractivity contribution in [3.63, 3.8) is 0 Å². The summed E-state index contributed by atoms with van der Waals surface area (Å²) in [7, 11) is 0. The van der Waals surface area contributed by atoms with Crippen molar-refractivity contribution < 1.29 is 18.4 Å². The van der Waals surface area contributed by atoms with Crippen molar-refractivity contribution in [2.75, 3.05) is 4.90 Å². The van der Waals surface area contributed by atoms with Crippen molar-refractivity contribution in [3.05, 3.63) is 109 Å². The van der Waals surface area contributed by atoms with Gasteiger partial charge in [-0.3, -0.25) is 9.59 Å². The van der Waals surface area contributed by atoms with Crippen LogP contribution in [0.4, 0.5) is 5.95 Å². The van der Waals surface area contributed by atoms with Gasteiger partial charge in [0.15, 0.2) is 11.6 Å². The van der Waals surface area contributed by atoms with Gasteiger partial charge in [0, 0.05) is 32.7 Å². The quantitative estimate of drug-likeness (QED) is 0.176. The summed E-state index contributed by atoms with van der Waals surface area (Å²) in [5.74, 6) is -0.116. The molecule has 0 unspecified atom stereocenters. The number of anilines is 1. The smallest absolute Gasteiger partial charge is 0.243 e. The third kappa shape index (κ3) is 4.13. The molecule has 49 heavy (non-hydrogen) atoms. The SMILES string of the molecule is CC1(C)C(=O)N(c2nc(-c3ccc(-c4cccc5c4oc4ccccc45)cc3)nc(-c3cccc4c3oc3ccccc34)n2)C(=O)C1(C)C. The molecular weight excluding hydrogens is 612 g/mol. The van der Waals surface area contributed by atoms with E-state index in [1.165, 1.54) is 0 Å². The number of fused-ring (bicyclic) bond motifs is 6.